The molecule has 0 bridgehead atoms. The molecular formula is C22H27ClFN7O2. The number of aryl methyl sites for hydroxylation is 1. The first-order valence-electron chi connectivity index (χ1n) is 10.9. The molecular weight excluding hydrogens is 449 g/mol. The minimum absolute atomic E-state index is 0.0592. The van der Waals surface area contributed by atoms with Crippen molar-refractivity contribution < 1.29 is 14.0 Å². The van der Waals surface area contributed by atoms with Crippen molar-refractivity contribution in [2.45, 2.75) is 38.3 Å². The number of nitrogens with two attached hydrogens (primary N) is 2. The van der Waals surface area contributed by atoms with Gasteiger partial charge in [-0.2, -0.15) is 4.39 Å². The van der Waals surface area contributed by atoms with Gasteiger partial charge >= 0.3 is 0 Å². The number of primary amides is 1. The van der Waals surface area contributed by atoms with E-state index in [-0.39, 0.29) is 24.1 Å². The molecule has 3 atom stereocenters. The Balaban J connectivity index is 1.57. The van der Waals surface area contributed by atoms with Gasteiger partial charge in [0.05, 0.1) is 12.0 Å². The standard InChI is InChI=1S/C22H27ClFN7O2/c1-12-7-13(23)9-14(8-12)29-16-3-2-5-31(22(16)33)17-10-30(6-4-15(17)20(26)32)21-18(24)19(25)27-11-28-21/h7-9,11,15-17,29H,2-6,10H2,1H3,(H2,26,32)(H2,25,27,28)/t15?,16-,17+/m1/s1. The molecule has 0 aliphatic carbocycles. The van der Waals surface area contributed by atoms with Crippen LogP contribution in [0.2, 0.25) is 5.02 Å². The van der Waals surface area contributed by atoms with Crippen LogP contribution in [0.1, 0.15) is 24.8 Å². The molecule has 33 heavy (non-hydrogen) atoms. The summed E-state index contributed by atoms with van der Waals surface area (Å²) in [5.74, 6) is -2.04. The highest BCUT2D eigenvalue weighted by molar-refractivity contribution is 6.30. The summed E-state index contributed by atoms with van der Waals surface area (Å²) in [6.45, 7) is 3.00. The lowest BCUT2D eigenvalue weighted by Gasteiger charge is -2.46. The van der Waals surface area contributed by atoms with Crippen LogP contribution in [0.4, 0.5) is 21.7 Å². The number of anilines is 3. The van der Waals surface area contributed by atoms with Crippen molar-refractivity contribution in [3.8, 4) is 0 Å². The molecule has 2 aliphatic rings. The number of nitrogen functional groups attached to an aromatic ring is 1. The number of piperidine rings is 2. The molecule has 2 aliphatic heterocycles. The molecule has 2 saturated heterocycles. The van der Waals surface area contributed by atoms with Gasteiger partial charge in [-0.15, -0.1) is 0 Å². The SMILES string of the molecule is Cc1cc(Cl)cc(N[C@@H]2CCCN([C@H]3CN(c4ncnc(N)c4F)CCC3C(N)=O)C2=O)c1. The number of benzene rings is 1. The molecule has 2 aromatic rings. The Labute approximate surface area is 196 Å². The van der Waals surface area contributed by atoms with Gasteiger partial charge in [0.1, 0.15) is 12.4 Å². The predicted molar refractivity (Wildman–Crippen MR) is 124 cm³/mol. The fourth-order valence-corrected chi connectivity index (χ4v) is 5.04. The van der Waals surface area contributed by atoms with Crippen LogP contribution in [0, 0.1) is 18.7 Å². The van der Waals surface area contributed by atoms with Crippen LogP contribution in [0.25, 0.3) is 0 Å². The Morgan fingerprint density at radius 2 is 2.03 bits per heavy atom. The zero-order valence-corrected chi connectivity index (χ0v) is 19.1. The first-order valence-corrected chi connectivity index (χ1v) is 11.3. The zero-order valence-electron chi connectivity index (χ0n) is 18.3. The van der Waals surface area contributed by atoms with Crippen LogP contribution in [0.5, 0.6) is 0 Å². The van der Waals surface area contributed by atoms with Gasteiger partial charge in [-0.3, -0.25) is 9.59 Å². The molecule has 2 amide bonds. The molecule has 5 N–H and O–H groups in total. The summed E-state index contributed by atoms with van der Waals surface area (Å²) in [5.41, 5.74) is 13.0. The number of carbonyl (C=O) groups excluding carboxylic acids is 2. The van der Waals surface area contributed by atoms with Crippen molar-refractivity contribution in [2.24, 2.45) is 11.7 Å². The van der Waals surface area contributed by atoms with E-state index < -0.39 is 29.7 Å². The fourth-order valence-electron chi connectivity index (χ4n) is 4.75. The molecule has 176 valence electrons. The van der Waals surface area contributed by atoms with Crippen LogP contribution in [-0.4, -0.2) is 58.4 Å². The number of nitrogens with zero attached hydrogens (tertiary/aromatic N) is 4. The van der Waals surface area contributed by atoms with Gasteiger partial charge < -0.3 is 26.6 Å². The Hall–Kier alpha value is -3.14. The molecule has 3 heterocycles. The van der Waals surface area contributed by atoms with E-state index in [0.717, 1.165) is 17.7 Å². The van der Waals surface area contributed by atoms with Gasteiger partial charge in [-0.1, -0.05) is 11.6 Å². The van der Waals surface area contributed by atoms with Crippen molar-refractivity contribution in [3.05, 3.63) is 40.9 Å². The van der Waals surface area contributed by atoms with Crippen LogP contribution >= 0.6 is 11.6 Å². The van der Waals surface area contributed by atoms with E-state index in [1.165, 1.54) is 6.33 Å². The number of hydrogen-bond acceptors (Lipinski definition) is 7. The largest absolute Gasteiger partial charge is 0.381 e. The summed E-state index contributed by atoms with van der Waals surface area (Å²) < 4.78 is 14.6. The number of carbonyl (C=O) groups is 2. The number of aromatic nitrogens is 2. The van der Waals surface area contributed by atoms with E-state index in [1.807, 2.05) is 19.1 Å². The lowest BCUT2D eigenvalue weighted by molar-refractivity contribution is -0.140. The lowest BCUT2D eigenvalue weighted by Crippen LogP contribution is -2.61. The van der Waals surface area contributed by atoms with Gasteiger partial charge in [-0.25, -0.2) is 9.97 Å². The third-order valence-electron chi connectivity index (χ3n) is 6.30. The summed E-state index contributed by atoms with van der Waals surface area (Å²) in [6, 6.07) is 4.57. The Bertz CT molecular complexity index is 1050. The Morgan fingerprint density at radius 3 is 2.76 bits per heavy atom. The number of amides is 2. The maximum atomic E-state index is 14.6. The van der Waals surface area contributed by atoms with Crippen molar-refractivity contribution in [2.75, 3.05) is 35.6 Å². The summed E-state index contributed by atoms with van der Waals surface area (Å²) in [7, 11) is 0. The normalized spacial score (nSPS) is 23.5. The molecule has 0 spiro atoms. The smallest absolute Gasteiger partial charge is 0.245 e. The summed E-state index contributed by atoms with van der Waals surface area (Å²) in [6.07, 6.45) is 2.97. The van der Waals surface area contributed by atoms with Crippen molar-refractivity contribution in [1.29, 1.82) is 0 Å². The van der Waals surface area contributed by atoms with Gasteiger partial charge in [-0.05, 0) is 49.9 Å². The minimum atomic E-state index is -0.713. The second-order valence-electron chi connectivity index (χ2n) is 8.60. The second-order valence-corrected chi connectivity index (χ2v) is 9.03. The highest BCUT2D eigenvalue weighted by Gasteiger charge is 2.42. The van der Waals surface area contributed by atoms with Crippen molar-refractivity contribution in [3.63, 3.8) is 0 Å². The highest BCUT2D eigenvalue weighted by atomic mass is 35.5. The fraction of sp³-hybridized carbons (Fsp3) is 0.455. The summed E-state index contributed by atoms with van der Waals surface area (Å²) >= 11 is 6.16. The first-order chi connectivity index (χ1) is 15.7. The van der Waals surface area contributed by atoms with Gasteiger partial charge in [0.15, 0.2) is 11.6 Å². The van der Waals surface area contributed by atoms with Crippen LogP contribution < -0.4 is 21.7 Å². The third-order valence-corrected chi connectivity index (χ3v) is 6.52. The monoisotopic (exact) mass is 475 g/mol. The molecule has 9 nitrogen and oxygen atoms in total. The molecule has 1 aromatic carbocycles. The molecule has 0 radical (unpaired) electrons. The minimum Gasteiger partial charge on any atom is -0.381 e. The third kappa shape index (κ3) is 4.80. The first kappa shape index (κ1) is 23.0. The number of rotatable bonds is 5. The number of nitrogens with one attached hydrogen (secondary N) is 1. The quantitative estimate of drug-likeness (QED) is 0.602. The van der Waals surface area contributed by atoms with Crippen molar-refractivity contribution in [1.82, 2.24) is 14.9 Å². The van der Waals surface area contributed by atoms with Crippen LogP contribution in [0.15, 0.2) is 24.5 Å². The van der Waals surface area contributed by atoms with Crippen LogP contribution in [-0.2, 0) is 9.59 Å². The molecule has 11 heteroatoms. The van der Waals surface area contributed by atoms with Crippen LogP contribution in [0.3, 0.4) is 0 Å². The molecule has 1 unspecified atom stereocenters. The van der Waals surface area contributed by atoms with Gasteiger partial charge in [0.2, 0.25) is 17.6 Å². The van der Waals surface area contributed by atoms with Gasteiger partial charge in [0.25, 0.3) is 0 Å². The van der Waals surface area contributed by atoms with Crippen molar-refractivity contribution >= 4 is 40.7 Å². The van der Waals surface area contributed by atoms with E-state index in [0.29, 0.717) is 31.0 Å². The number of halogens is 2. The van der Waals surface area contributed by atoms with E-state index in [4.69, 9.17) is 23.1 Å². The highest BCUT2D eigenvalue weighted by Crippen LogP contribution is 2.31. The number of likely N-dealkylation sites (tertiary alicyclic amines) is 1. The van der Waals surface area contributed by atoms with Gasteiger partial charge in [0, 0.05) is 30.3 Å². The van der Waals surface area contributed by atoms with E-state index in [2.05, 4.69) is 15.3 Å². The molecule has 4 rings (SSSR count). The topological polar surface area (TPSA) is 130 Å². The maximum Gasteiger partial charge on any atom is 0.245 e. The second kappa shape index (κ2) is 9.38. The zero-order chi connectivity index (χ0) is 23.7. The molecule has 2 fully saturated rings. The van der Waals surface area contributed by atoms with E-state index in [9.17, 15) is 14.0 Å². The lowest BCUT2D eigenvalue weighted by atomic mass is 9.87. The average Bonchev–Trinajstić information content (AvgIpc) is 2.76. The van der Waals surface area contributed by atoms with E-state index in [1.54, 1.807) is 15.9 Å². The Kier molecular flexibility index (Phi) is 6.55. The predicted octanol–water partition coefficient (Wildman–Crippen LogP) is 1.94. The molecule has 1 aromatic heterocycles. The Morgan fingerprint density at radius 1 is 1.24 bits per heavy atom. The summed E-state index contributed by atoms with van der Waals surface area (Å²) in [5, 5.41) is 3.87. The maximum absolute atomic E-state index is 14.6. The summed E-state index contributed by atoms with van der Waals surface area (Å²) in [4.78, 5) is 36.8. The average molecular weight is 476 g/mol. The number of hydrogen-bond donors (Lipinski definition) is 3. The van der Waals surface area contributed by atoms with E-state index >= 15 is 0 Å². The molecule has 0 saturated carbocycles.